The molecule has 0 bridgehead atoms. The number of carbonyl (C=O) groups is 1. The Morgan fingerprint density at radius 2 is 1.88 bits per heavy atom. The van der Waals surface area contributed by atoms with Crippen molar-refractivity contribution in [2.75, 3.05) is 46.5 Å². The van der Waals surface area contributed by atoms with Crippen molar-refractivity contribution < 1.29 is 14.3 Å². The van der Waals surface area contributed by atoms with E-state index in [1.807, 2.05) is 6.07 Å². The van der Waals surface area contributed by atoms with Gasteiger partial charge in [-0.25, -0.2) is 0 Å². The Hall–Kier alpha value is -1.59. The Morgan fingerprint density at radius 3 is 2.54 bits per heavy atom. The number of rotatable bonds is 4. The zero-order valence-corrected chi connectivity index (χ0v) is 14.8. The molecule has 1 fully saturated rings. The van der Waals surface area contributed by atoms with Crippen molar-refractivity contribution in [2.24, 2.45) is 0 Å². The molecular formula is C19H28N2O3. The van der Waals surface area contributed by atoms with E-state index >= 15 is 0 Å². The molecule has 1 aromatic carbocycles. The zero-order valence-electron chi connectivity index (χ0n) is 14.8. The summed E-state index contributed by atoms with van der Waals surface area (Å²) in [4.78, 5) is 17.4. The van der Waals surface area contributed by atoms with Crippen molar-refractivity contribution in [1.82, 2.24) is 9.80 Å². The van der Waals surface area contributed by atoms with Crippen LogP contribution in [0.4, 0.5) is 0 Å². The van der Waals surface area contributed by atoms with E-state index in [0.29, 0.717) is 0 Å². The highest BCUT2D eigenvalue weighted by molar-refractivity contribution is 5.82. The molecule has 1 aromatic rings. The first kappa shape index (κ1) is 17.2. The first-order valence-corrected chi connectivity index (χ1v) is 8.99. The van der Waals surface area contributed by atoms with Crippen LogP contribution in [-0.4, -0.2) is 68.3 Å². The molecule has 1 saturated heterocycles. The molecule has 0 aromatic heterocycles. The smallest absolute Gasteiger partial charge is 0.239 e. The van der Waals surface area contributed by atoms with E-state index in [1.54, 1.807) is 7.11 Å². The highest BCUT2D eigenvalue weighted by atomic mass is 16.5. The van der Waals surface area contributed by atoms with Crippen molar-refractivity contribution in [2.45, 2.75) is 32.2 Å². The minimum absolute atomic E-state index is 0.00958. The molecule has 1 atom stereocenters. The van der Waals surface area contributed by atoms with Crippen LogP contribution in [0.2, 0.25) is 0 Å². The van der Waals surface area contributed by atoms with E-state index in [9.17, 15) is 4.79 Å². The molecule has 0 radical (unpaired) electrons. The maximum Gasteiger partial charge on any atom is 0.239 e. The third-order valence-electron chi connectivity index (χ3n) is 5.19. The number of nitrogens with zero attached hydrogens (tertiary/aromatic N) is 2. The number of hydrogen-bond donors (Lipinski definition) is 0. The van der Waals surface area contributed by atoms with Gasteiger partial charge >= 0.3 is 0 Å². The van der Waals surface area contributed by atoms with Gasteiger partial charge in [0.25, 0.3) is 0 Å². The lowest BCUT2D eigenvalue weighted by Gasteiger charge is -2.36. The number of ether oxygens (including phenoxy) is 2. The fourth-order valence-electron chi connectivity index (χ4n) is 3.74. The van der Waals surface area contributed by atoms with Crippen LogP contribution in [0.3, 0.4) is 0 Å². The second-order valence-electron chi connectivity index (χ2n) is 6.53. The molecule has 132 valence electrons. The van der Waals surface area contributed by atoms with Crippen LogP contribution < -0.4 is 4.74 Å². The van der Waals surface area contributed by atoms with E-state index in [-0.39, 0.29) is 11.9 Å². The van der Waals surface area contributed by atoms with Gasteiger partial charge in [0.1, 0.15) is 5.75 Å². The SMILES string of the molecule is CC[C@H](C(=O)N1CCc2ccc(OC)cc2CC1)N1CCOCC1. The summed E-state index contributed by atoms with van der Waals surface area (Å²) in [5, 5.41) is 0. The first-order chi connectivity index (χ1) is 11.7. The van der Waals surface area contributed by atoms with Gasteiger partial charge < -0.3 is 14.4 Å². The van der Waals surface area contributed by atoms with Gasteiger partial charge in [-0.15, -0.1) is 0 Å². The Labute approximate surface area is 144 Å². The summed E-state index contributed by atoms with van der Waals surface area (Å²) in [6.45, 7) is 6.88. The second kappa shape index (κ2) is 7.99. The number of morpholine rings is 1. The van der Waals surface area contributed by atoms with Gasteiger partial charge in [-0.05, 0) is 42.5 Å². The monoisotopic (exact) mass is 332 g/mol. The maximum absolute atomic E-state index is 13.1. The highest BCUT2D eigenvalue weighted by Gasteiger charge is 2.30. The molecular weight excluding hydrogens is 304 g/mol. The van der Waals surface area contributed by atoms with Gasteiger partial charge in [-0.3, -0.25) is 9.69 Å². The summed E-state index contributed by atoms with van der Waals surface area (Å²) < 4.78 is 10.8. The summed E-state index contributed by atoms with van der Waals surface area (Å²) in [5.41, 5.74) is 2.65. The Bertz CT molecular complexity index is 570. The molecule has 0 unspecified atom stereocenters. The van der Waals surface area contributed by atoms with Crippen LogP contribution >= 0.6 is 0 Å². The Balaban J connectivity index is 1.68. The quantitative estimate of drug-likeness (QED) is 0.842. The Morgan fingerprint density at radius 1 is 1.17 bits per heavy atom. The van der Waals surface area contributed by atoms with Crippen molar-refractivity contribution >= 4 is 5.91 Å². The van der Waals surface area contributed by atoms with Crippen molar-refractivity contribution in [3.05, 3.63) is 29.3 Å². The van der Waals surface area contributed by atoms with Crippen LogP contribution in [0.1, 0.15) is 24.5 Å². The van der Waals surface area contributed by atoms with Gasteiger partial charge in [0, 0.05) is 26.2 Å². The number of amides is 1. The lowest BCUT2D eigenvalue weighted by molar-refractivity contribution is -0.138. The Kier molecular flexibility index (Phi) is 5.74. The highest BCUT2D eigenvalue weighted by Crippen LogP contribution is 2.22. The topological polar surface area (TPSA) is 42.0 Å². The van der Waals surface area contributed by atoms with Gasteiger partial charge in [-0.1, -0.05) is 13.0 Å². The fourth-order valence-corrected chi connectivity index (χ4v) is 3.74. The molecule has 0 saturated carbocycles. The van der Waals surface area contributed by atoms with Crippen molar-refractivity contribution in [3.63, 3.8) is 0 Å². The zero-order chi connectivity index (χ0) is 16.9. The third kappa shape index (κ3) is 3.73. The van der Waals surface area contributed by atoms with Crippen molar-refractivity contribution in [1.29, 1.82) is 0 Å². The predicted octanol–water partition coefficient (Wildman–Crippen LogP) is 1.73. The summed E-state index contributed by atoms with van der Waals surface area (Å²) in [7, 11) is 1.70. The summed E-state index contributed by atoms with van der Waals surface area (Å²) in [5.74, 6) is 1.17. The predicted molar refractivity (Wildman–Crippen MR) is 93.5 cm³/mol. The van der Waals surface area contributed by atoms with E-state index in [4.69, 9.17) is 9.47 Å². The van der Waals surface area contributed by atoms with Crippen LogP contribution in [0.5, 0.6) is 5.75 Å². The molecule has 5 heteroatoms. The van der Waals surface area contributed by atoms with E-state index in [1.165, 1.54) is 11.1 Å². The largest absolute Gasteiger partial charge is 0.497 e. The normalized spacial score (nSPS) is 20.2. The number of carbonyl (C=O) groups excluding carboxylic acids is 1. The third-order valence-corrected chi connectivity index (χ3v) is 5.19. The van der Waals surface area contributed by atoms with E-state index < -0.39 is 0 Å². The minimum atomic E-state index is -0.00958. The average Bonchev–Trinajstić information content (AvgIpc) is 2.85. The number of benzene rings is 1. The summed E-state index contributed by atoms with van der Waals surface area (Å²) >= 11 is 0. The molecule has 3 rings (SSSR count). The van der Waals surface area contributed by atoms with E-state index in [2.05, 4.69) is 28.9 Å². The van der Waals surface area contributed by atoms with Gasteiger partial charge in [-0.2, -0.15) is 0 Å². The van der Waals surface area contributed by atoms with E-state index in [0.717, 1.165) is 64.4 Å². The fraction of sp³-hybridized carbons (Fsp3) is 0.632. The molecule has 2 heterocycles. The number of hydrogen-bond acceptors (Lipinski definition) is 4. The average molecular weight is 332 g/mol. The second-order valence-corrected chi connectivity index (χ2v) is 6.53. The summed E-state index contributed by atoms with van der Waals surface area (Å²) in [6.07, 6.45) is 2.68. The molecule has 2 aliphatic heterocycles. The lowest BCUT2D eigenvalue weighted by atomic mass is 10.0. The lowest BCUT2D eigenvalue weighted by Crippen LogP contribution is -2.52. The summed E-state index contributed by atoms with van der Waals surface area (Å²) in [6, 6.07) is 6.26. The number of fused-ring (bicyclic) bond motifs is 1. The van der Waals surface area contributed by atoms with Gasteiger partial charge in [0.15, 0.2) is 0 Å². The van der Waals surface area contributed by atoms with Crippen molar-refractivity contribution in [3.8, 4) is 5.75 Å². The van der Waals surface area contributed by atoms with Gasteiger partial charge in [0.05, 0.1) is 26.4 Å². The van der Waals surface area contributed by atoms with Crippen LogP contribution in [0, 0.1) is 0 Å². The number of methoxy groups -OCH3 is 1. The van der Waals surface area contributed by atoms with Crippen LogP contribution in [0.15, 0.2) is 18.2 Å². The maximum atomic E-state index is 13.1. The van der Waals surface area contributed by atoms with Gasteiger partial charge in [0.2, 0.25) is 5.91 Å². The molecule has 2 aliphatic rings. The molecule has 0 aliphatic carbocycles. The molecule has 5 nitrogen and oxygen atoms in total. The first-order valence-electron chi connectivity index (χ1n) is 8.99. The molecule has 1 amide bonds. The van der Waals surface area contributed by atoms with Crippen LogP contribution in [-0.2, 0) is 22.4 Å². The minimum Gasteiger partial charge on any atom is -0.497 e. The standard InChI is InChI=1S/C19H28N2O3/c1-3-18(20-10-12-24-13-11-20)19(22)21-8-6-15-4-5-17(23-2)14-16(15)7-9-21/h4-5,14,18H,3,6-13H2,1-2H3/t18-/m1/s1. The van der Waals surface area contributed by atoms with Crippen LogP contribution in [0.25, 0.3) is 0 Å². The molecule has 24 heavy (non-hydrogen) atoms. The molecule has 0 N–H and O–H groups in total. The molecule has 0 spiro atoms.